The molecule has 2 amide bonds. The summed E-state index contributed by atoms with van der Waals surface area (Å²) in [5.41, 5.74) is 1.93. The molecule has 3 heterocycles. The van der Waals surface area contributed by atoms with Crippen LogP contribution in [0.15, 0.2) is 60.4 Å². The van der Waals surface area contributed by atoms with Crippen molar-refractivity contribution in [2.45, 2.75) is 26.2 Å². The van der Waals surface area contributed by atoms with Gasteiger partial charge in [0.2, 0.25) is 5.91 Å². The van der Waals surface area contributed by atoms with E-state index >= 15 is 0 Å². The van der Waals surface area contributed by atoms with Gasteiger partial charge in [0.05, 0.1) is 11.6 Å². The first-order valence-corrected chi connectivity index (χ1v) is 11.5. The molecule has 1 aliphatic heterocycles. The van der Waals surface area contributed by atoms with Crippen molar-refractivity contribution < 1.29 is 9.59 Å². The van der Waals surface area contributed by atoms with Crippen LogP contribution in [-0.2, 0) is 11.2 Å². The van der Waals surface area contributed by atoms with Gasteiger partial charge in [-0.15, -0.1) is 11.3 Å². The number of amides is 2. The van der Waals surface area contributed by atoms with Crippen LogP contribution in [-0.4, -0.2) is 46.3 Å². The Kier molecular flexibility index (Phi) is 6.42. The maximum atomic E-state index is 13.2. The molecule has 0 bridgehead atoms. The maximum Gasteiger partial charge on any atom is 0.274 e. The first-order valence-electron chi connectivity index (χ1n) is 10.6. The second-order valence-corrected chi connectivity index (χ2v) is 8.86. The zero-order valence-corrected chi connectivity index (χ0v) is 18.4. The van der Waals surface area contributed by atoms with Gasteiger partial charge >= 0.3 is 0 Å². The van der Waals surface area contributed by atoms with Crippen molar-refractivity contribution in [1.82, 2.24) is 20.2 Å². The summed E-state index contributed by atoms with van der Waals surface area (Å²) in [7, 11) is 0. The molecule has 1 aliphatic rings. The lowest BCUT2D eigenvalue weighted by atomic mass is 9.74. The van der Waals surface area contributed by atoms with Gasteiger partial charge in [0.25, 0.3) is 5.91 Å². The lowest BCUT2D eigenvalue weighted by molar-refractivity contribution is -0.133. The molecule has 1 aromatic carbocycles. The fourth-order valence-electron chi connectivity index (χ4n) is 4.26. The number of carbonyl (C=O) groups is 2. The van der Waals surface area contributed by atoms with Gasteiger partial charge < -0.3 is 10.2 Å². The van der Waals surface area contributed by atoms with E-state index in [-0.39, 0.29) is 11.8 Å². The van der Waals surface area contributed by atoms with Crippen LogP contribution in [0.5, 0.6) is 0 Å². The van der Waals surface area contributed by atoms with E-state index in [2.05, 4.69) is 51.0 Å². The van der Waals surface area contributed by atoms with Crippen molar-refractivity contribution in [2.75, 3.05) is 19.6 Å². The smallest absolute Gasteiger partial charge is 0.274 e. The Bertz CT molecular complexity index is 1020. The van der Waals surface area contributed by atoms with Crippen molar-refractivity contribution in [3.63, 3.8) is 0 Å². The number of aromatic nitrogens is 2. The monoisotopic (exact) mass is 434 g/mol. The van der Waals surface area contributed by atoms with Crippen LogP contribution in [0.1, 0.15) is 35.8 Å². The summed E-state index contributed by atoms with van der Waals surface area (Å²) in [6.07, 6.45) is 6.66. The number of nitrogens with one attached hydrogen (secondary N) is 1. The highest BCUT2D eigenvalue weighted by molar-refractivity contribution is 7.13. The average Bonchev–Trinajstić information content (AvgIpc) is 3.35. The summed E-state index contributed by atoms with van der Waals surface area (Å²) >= 11 is 1.71. The van der Waals surface area contributed by atoms with E-state index in [0.717, 1.165) is 18.4 Å². The number of carbonyl (C=O) groups excluding carboxylic acids is 2. The number of rotatable bonds is 6. The van der Waals surface area contributed by atoms with Gasteiger partial charge in [-0.1, -0.05) is 30.3 Å². The summed E-state index contributed by atoms with van der Waals surface area (Å²) in [6, 6.07) is 12.6. The van der Waals surface area contributed by atoms with Crippen molar-refractivity contribution in [3.05, 3.63) is 71.6 Å². The Labute approximate surface area is 186 Å². The van der Waals surface area contributed by atoms with Crippen molar-refractivity contribution in [2.24, 2.45) is 5.41 Å². The molecular formula is C24H26N4O2S. The lowest BCUT2D eigenvalue weighted by Gasteiger charge is -2.41. The predicted molar refractivity (Wildman–Crippen MR) is 122 cm³/mol. The van der Waals surface area contributed by atoms with Crippen LogP contribution in [0.3, 0.4) is 0 Å². The quantitative estimate of drug-likeness (QED) is 0.640. The van der Waals surface area contributed by atoms with Gasteiger partial charge in [0.1, 0.15) is 5.69 Å². The molecule has 0 saturated carbocycles. The van der Waals surface area contributed by atoms with Crippen LogP contribution in [0.2, 0.25) is 0 Å². The molecule has 1 N–H and O–H groups in total. The lowest BCUT2D eigenvalue weighted by Crippen LogP contribution is -2.54. The highest BCUT2D eigenvalue weighted by Crippen LogP contribution is 2.35. The standard InChI is InChI=1S/C24H26N4O2S/c1-2-26-23(30)24(15-18-6-8-19(9-7-18)21-5-3-14-31-21)10-4-13-28(17-24)22(29)20-16-25-11-12-27-20/h3,5-9,11-12,14,16H,2,4,10,13,15,17H2,1H3,(H,26,30)/t24-/m1/s1. The fraction of sp³-hybridized carbons (Fsp3) is 0.333. The van der Waals surface area contributed by atoms with E-state index in [1.807, 2.05) is 13.0 Å². The van der Waals surface area contributed by atoms with Gasteiger partial charge in [-0.3, -0.25) is 14.6 Å². The van der Waals surface area contributed by atoms with E-state index < -0.39 is 5.41 Å². The Hall–Kier alpha value is -3.06. The Morgan fingerprint density at radius 2 is 2.03 bits per heavy atom. The van der Waals surface area contributed by atoms with Gasteiger partial charge in [-0.2, -0.15) is 0 Å². The number of hydrogen-bond donors (Lipinski definition) is 1. The van der Waals surface area contributed by atoms with E-state index in [1.165, 1.54) is 22.8 Å². The summed E-state index contributed by atoms with van der Waals surface area (Å²) in [5.74, 6) is -0.163. The Morgan fingerprint density at radius 1 is 1.19 bits per heavy atom. The van der Waals surface area contributed by atoms with Crippen LogP contribution in [0, 0.1) is 5.41 Å². The zero-order valence-electron chi connectivity index (χ0n) is 17.6. The summed E-state index contributed by atoms with van der Waals surface area (Å²) < 4.78 is 0. The molecule has 0 spiro atoms. The number of piperidine rings is 1. The minimum atomic E-state index is -0.656. The minimum absolute atomic E-state index is 0.00831. The van der Waals surface area contributed by atoms with E-state index in [4.69, 9.17) is 0 Å². The maximum absolute atomic E-state index is 13.2. The van der Waals surface area contributed by atoms with Crippen LogP contribution < -0.4 is 5.32 Å². The van der Waals surface area contributed by atoms with E-state index in [9.17, 15) is 9.59 Å². The fourth-order valence-corrected chi connectivity index (χ4v) is 4.99. The number of likely N-dealkylation sites (tertiary alicyclic amines) is 1. The van der Waals surface area contributed by atoms with Gasteiger partial charge in [-0.05, 0) is 48.8 Å². The molecule has 0 radical (unpaired) electrons. The number of thiophene rings is 1. The van der Waals surface area contributed by atoms with E-state index in [0.29, 0.717) is 31.7 Å². The molecule has 0 aliphatic carbocycles. The van der Waals surface area contributed by atoms with Crippen molar-refractivity contribution >= 4 is 23.2 Å². The first kappa shape index (κ1) is 21.2. The first-order chi connectivity index (χ1) is 15.1. The number of nitrogens with zero attached hydrogens (tertiary/aromatic N) is 3. The second-order valence-electron chi connectivity index (χ2n) is 7.91. The topological polar surface area (TPSA) is 75.2 Å². The molecule has 0 unspecified atom stereocenters. The Balaban J connectivity index is 1.58. The highest BCUT2D eigenvalue weighted by Gasteiger charge is 2.43. The molecule has 3 aromatic rings. The highest BCUT2D eigenvalue weighted by atomic mass is 32.1. The molecule has 160 valence electrons. The van der Waals surface area contributed by atoms with Crippen LogP contribution in [0.25, 0.3) is 10.4 Å². The van der Waals surface area contributed by atoms with Crippen LogP contribution >= 0.6 is 11.3 Å². The number of benzene rings is 1. The van der Waals surface area contributed by atoms with Crippen LogP contribution in [0.4, 0.5) is 0 Å². The molecule has 31 heavy (non-hydrogen) atoms. The molecule has 1 saturated heterocycles. The largest absolute Gasteiger partial charge is 0.356 e. The van der Waals surface area contributed by atoms with Crippen molar-refractivity contribution in [1.29, 1.82) is 0 Å². The molecule has 6 nitrogen and oxygen atoms in total. The zero-order chi connectivity index (χ0) is 21.7. The molecule has 1 fully saturated rings. The summed E-state index contributed by atoms with van der Waals surface area (Å²) in [6.45, 7) is 3.48. The van der Waals surface area contributed by atoms with Crippen molar-refractivity contribution in [3.8, 4) is 10.4 Å². The van der Waals surface area contributed by atoms with Gasteiger partial charge in [0.15, 0.2) is 0 Å². The third kappa shape index (κ3) is 4.66. The average molecular weight is 435 g/mol. The molecule has 4 rings (SSSR count). The summed E-state index contributed by atoms with van der Waals surface area (Å²) in [4.78, 5) is 37.3. The van der Waals surface area contributed by atoms with E-state index in [1.54, 1.807) is 22.4 Å². The SMILES string of the molecule is CCNC(=O)[C@@]1(Cc2ccc(-c3cccs3)cc2)CCCN(C(=O)c2cnccn2)C1. The molecule has 2 aromatic heterocycles. The number of hydrogen-bond acceptors (Lipinski definition) is 5. The molecule has 1 atom stereocenters. The molecular weight excluding hydrogens is 408 g/mol. The normalized spacial score (nSPS) is 18.5. The molecule has 7 heteroatoms. The Morgan fingerprint density at radius 3 is 2.71 bits per heavy atom. The minimum Gasteiger partial charge on any atom is -0.356 e. The third-order valence-electron chi connectivity index (χ3n) is 5.77. The van der Waals surface area contributed by atoms with Gasteiger partial charge in [-0.25, -0.2) is 4.98 Å². The second kappa shape index (κ2) is 9.39. The summed E-state index contributed by atoms with van der Waals surface area (Å²) in [5, 5.41) is 5.07. The van der Waals surface area contributed by atoms with Gasteiger partial charge in [0, 0.05) is 36.9 Å². The third-order valence-corrected chi connectivity index (χ3v) is 6.69. The predicted octanol–water partition coefficient (Wildman–Crippen LogP) is 3.81.